The molecule has 0 radical (unpaired) electrons. The highest BCUT2D eigenvalue weighted by Crippen LogP contribution is 2.32. The van der Waals surface area contributed by atoms with E-state index in [-0.39, 0.29) is 11.7 Å². The molecule has 0 fully saturated rings. The number of carbonyl (C=O) groups excluding carboxylic acids is 1. The Balaban J connectivity index is 1.82. The Morgan fingerprint density at radius 1 is 1.35 bits per heavy atom. The normalized spacial score (nSPS) is 17.0. The van der Waals surface area contributed by atoms with Gasteiger partial charge < -0.3 is 5.32 Å². The molecule has 1 atom stereocenters. The van der Waals surface area contributed by atoms with Crippen LogP contribution in [-0.4, -0.2) is 22.3 Å². The minimum Gasteiger partial charge on any atom is -0.354 e. The van der Waals surface area contributed by atoms with E-state index in [1.54, 1.807) is 6.20 Å². The van der Waals surface area contributed by atoms with Gasteiger partial charge in [0, 0.05) is 24.2 Å². The molecule has 1 aromatic carbocycles. The van der Waals surface area contributed by atoms with Crippen molar-refractivity contribution in [3.05, 3.63) is 52.3 Å². The van der Waals surface area contributed by atoms with Gasteiger partial charge in [0.15, 0.2) is 5.78 Å². The maximum Gasteiger partial charge on any atom is 0.222 e. The lowest BCUT2D eigenvalue weighted by Gasteiger charge is -2.23. The van der Waals surface area contributed by atoms with Crippen LogP contribution < -0.4 is 5.32 Å². The van der Waals surface area contributed by atoms with Crippen LogP contribution in [0.2, 0.25) is 5.02 Å². The number of rotatable bonds is 5. The summed E-state index contributed by atoms with van der Waals surface area (Å²) in [7, 11) is 0. The molecule has 23 heavy (non-hydrogen) atoms. The minimum atomic E-state index is 0.108. The van der Waals surface area contributed by atoms with Crippen molar-refractivity contribution >= 4 is 23.3 Å². The fraction of sp³-hybridized carbons (Fsp3) is 0.389. The van der Waals surface area contributed by atoms with Gasteiger partial charge >= 0.3 is 0 Å². The number of benzene rings is 1. The van der Waals surface area contributed by atoms with Crippen molar-refractivity contribution in [2.75, 3.05) is 11.9 Å². The first-order valence-electron chi connectivity index (χ1n) is 8.06. The van der Waals surface area contributed by atoms with E-state index in [2.05, 4.69) is 22.2 Å². The summed E-state index contributed by atoms with van der Waals surface area (Å²) >= 11 is 6.08. The number of carbonyl (C=O) groups is 1. The number of anilines is 1. The van der Waals surface area contributed by atoms with E-state index in [9.17, 15) is 4.79 Å². The van der Waals surface area contributed by atoms with Crippen LogP contribution in [0.15, 0.2) is 30.5 Å². The van der Waals surface area contributed by atoms with Crippen LogP contribution in [0.1, 0.15) is 53.7 Å². The van der Waals surface area contributed by atoms with Gasteiger partial charge in [-0.1, -0.05) is 37.1 Å². The van der Waals surface area contributed by atoms with Crippen LogP contribution in [0, 0.1) is 0 Å². The molecule has 0 spiro atoms. The van der Waals surface area contributed by atoms with Gasteiger partial charge in [-0.05, 0) is 36.5 Å². The molecule has 0 saturated carbocycles. The van der Waals surface area contributed by atoms with E-state index >= 15 is 0 Å². The molecule has 4 nitrogen and oxygen atoms in total. The number of fused-ring (bicyclic) bond motifs is 1. The molecule has 1 aromatic heterocycles. The number of unbranched alkanes of at least 4 members (excludes halogenated alkanes) is 1. The monoisotopic (exact) mass is 329 g/mol. The van der Waals surface area contributed by atoms with Crippen molar-refractivity contribution in [1.29, 1.82) is 0 Å². The molecule has 1 aliphatic carbocycles. The number of hydrogen-bond donors (Lipinski definition) is 1. The van der Waals surface area contributed by atoms with Gasteiger partial charge in [-0.2, -0.15) is 0 Å². The Hall–Kier alpha value is -1.94. The molecule has 0 saturated heterocycles. The number of nitrogens with zero attached hydrogens (tertiary/aromatic N) is 2. The van der Waals surface area contributed by atoms with E-state index in [0.29, 0.717) is 23.0 Å². The summed E-state index contributed by atoms with van der Waals surface area (Å²) < 4.78 is 0. The highest BCUT2D eigenvalue weighted by molar-refractivity contribution is 6.30. The molecule has 0 unspecified atom stereocenters. The van der Waals surface area contributed by atoms with E-state index in [0.717, 1.165) is 37.1 Å². The van der Waals surface area contributed by atoms with Gasteiger partial charge in [-0.3, -0.25) is 4.79 Å². The molecular weight excluding hydrogens is 310 g/mol. The number of ketones is 1. The number of nitrogens with one attached hydrogen (secondary N) is 1. The quantitative estimate of drug-likeness (QED) is 0.833. The Labute approximate surface area is 141 Å². The molecular formula is C18H20ClN3O. The van der Waals surface area contributed by atoms with E-state index in [1.807, 2.05) is 24.3 Å². The van der Waals surface area contributed by atoms with E-state index < -0.39 is 0 Å². The van der Waals surface area contributed by atoms with Crippen molar-refractivity contribution < 1.29 is 4.79 Å². The van der Waals surface area contributed by atoms with Gasteiger partial charge in [-0.25, -0.2) is 9.97 Å². The van der Waals surface area contributed by atoms with Crippen LogP contribution >= 0.6 is 11.6 Å². The third-order valence-electron chi connectivity index (χ3n) is 4.17. The van der Waals surface area contributed by atoms with Gasteiger partial charge in [0.1, 0.15) is 0 Å². The smallest absolute Gasteiger partial charge is 0.222 e. The van der Waals surface area contributed by atoms with Crippen LogP contribution in [0.4, 0.5) is 5.95 Å². The number of hydrogen-bond acceptors (Lipinski definition) is 4. The first kappa shape index (κ1) is 15.9. The second-order valence-corrected chi connectivity index (χ2v) is 6.35. The SMILES string of the molecule is CCCCNc1ncc2c(n1)C[C@@H](c1cccc(Cl)c1)CC2=O. The summed E-state index contributed by atoms with van der Waals surface area (Å²) in [6, 6.07) is 7.74. The van der Waals surface area contributed by atoms with Crippen LogP contribution in [-0.2, 0) is 6.42 Å². The number of aromatic nitrogens is 2. The standard InChI is InChI=1S/C18H20ClN3O/c1-2-3-7-20-18-21-11-15-16(22-18)9-13(10-17(15)23)12-5-4-6-14(19)8-12/h4-6,8,11,13H,2-3,7,9-10H2,1H3,(H,20,21,22)/t13-/m1/s1. The zero-order chi connectivity index (χ0) is 16.2. The molecule has 1 aliphatic rings. The molecule has 0 aliphatic heterocycles. The van der Waals surface area contributed by atoms with Crippen molar-refractivity contribution in [2.45, 2.75) is 38.5 Å². The minimum absolute atomic E-state index is 0.108. The lowest BCUT2D eigenvalue weighted by molar-refractivity contribution is 0.0962. The second-order valence-electron chi connectivity index (χ2n) is 5.92. The molecule has 0 bridgehead atoms. The first-order valence-corrected chi connectivity index (χ1v) is 8.43. The second kappa shape index (κ2) is 7.09. The van der Waals surface area contributed by atoms with Crippen molar-refractivity contribution in [3.63, 3.8) is 0 Å². The lowest BCUT2D eigenvalue weighted by Crippen LogP contribution is -2.21. The summed E-state index contributed by atoms with van der Waals surface area (Å²) in [5, 5.41) is 3.92. The third-order valence-corrected chi connectivity index (χ3v) is 4.41. The van der Waals surface area contributed by atoms with Gasteiger partial charge in [0.25, 0.3) is 0 Å². The summed E-state index contributed by atoms with van der Waals surface area (Å²) in [4.78, 5) is 21.2. The average molecular weight is 330 g/mol. The fourth-order valence-corrected chi connectivity index (χ4v) is 3.10. The first-order chi connectivity index (χ1) is 11.2. The zero-order valence-corrected chi connectivity index (χ0v) is 13.9. The summed E-state index contributed by atoms with van der Waals surface area (Å²) in [5.74, 6) is 0.847. The zero-order valence-electron chi connectivity index (χ0n) is 13.2. The molecule has 0 amide bonds. The van der Waals surface area contributed by atoms with Crippen molar-refractivity contribution in [3.8, 4) is 0 Å². The van der Waals surface area contributed by atoms with Gasteiger partial charge in [0.2, 0.25) is 5.95 Å². The third kappa shape index (κ3) is 3.70. The summed E-state index contributed by atoms with van der Waals surface area (Å²) in [6.45, 7) is 2.99. The Morgan fingerprint density at radius 2 is 2.22 bits per heavy atom. The Kier molecular flexibility index (Phi) is 4.91. The lowest BCUT2D eigenvalue weighted by atomic mass is 9.82. The predicted octanol–water partition coefficient (Wildman–Crippen LogP) is 4.25. The summed E-state index contributed by atoms with van der Waals surface area (Å²) in [6.07, 6.45) is 5.08. The molecule has 1 heterocycles. The molecule has 3 rings (SSSR count). The molecule has 1 N–H and O–H groups in total. The summed E-state index contributed by atoms with van der Waals surface area (Å²) in [5.41, 5.74) is 2.58. The Morgan fingerprint density at radius 3 is 3.00 bits per heavy atom. The van der Waals surface area contributed by atoms with E-state index in [1.165, 1.54) is 0 Å². The molecule has 5 heteroatoms. The van der Waals surface area contributed by atoms with Crippen LogP contribution in [0.25, 0.3) is 0 Å². The largest absolute Gasteiger partial charge is 0.354 e. The van der Waals surface area contributed by atoms with Crippen molar-refractivity contribution in [1.82, 2.24) is 9.97 Å². The Bertz CT molecular complexity index is 717. The molecule has 2 aromatic rings. The average Bonchev–Trinajstić information content (AvgIpc) is 2.55. The highest BCUT2D eigenvalue weighted by Gasteiger charge is 2.28. The van der Waals surface area contributed by atoms with Gasteiger partial charge in [0.05, 0.1) is 11.3 Å². The van der Waals surface area contributed by atoms with Crippen LogP contribution in [0.5, 0.6) is 0 Å². The predicted molar refractivity (Wildman–Crippen MR) is 92.3 cm³/mol. The van der Waals surface area contributed by atoms with Gasteiger partial charge in [-0.15, -0.1) is 0 Å². The topological polar surface area (TPSA) is 54.9 Å². The number of Topliss-reactive ketones (excluding diaryl/α,β-unsaturated/α-hetero) is 1. The fourth-order valence-electron chi connectivity index (χ4n) is 2.90. The maximum absolute atomic E-state index is 12.4. The van der Waals surface area contributed by atoms with E-state index in [4.69, 9.17) is 11.6 Å². The molecule has 120 valence electrons. The number of halogens is 1. The maximum atomic E-state index is 12.4. The highest BCUT2D eigenvalue weighted by atomic mass is 35.5. The van der Waals surface area contributed by atoms with Crippen molar-refractivity contribution in [2.24, 2.45) is 0 Å². The van der Waals surface area contributed by atoms with Crippen LogP contribution in [0.3, 0.4) is 0 Å².